The third-order valence-corrected chi connectivity index (χ3v) is 4.11. The summed E-state index contributed by atoms with van der Waals surface area (Å²) in [7, 11) is 1.29. The summed E-state index contributed by atoms with van der Waals surface area (Å²) in [5.74, 6) is -0.852. The summed E-state index contributed by atoms with van der Waals surface area (Å²) in [6.45, 7) is 1.69. The average Bonchev–Trinajstić information content (AvgIpc) is 2.67. The number of esters is 1. The van der Waals surface area contributed by atoms with Crippen LogP contribution in [0.4, 0.5) is 5.69 Å². The Morgan fingerprint density at radius 3 is 2.41 bits per heavy atom. The Morgan fingerprint density at radius 2 is 1.74 bits per heavy atom. The standard InChI is InChI=1S/C20H19N3O4/c1-13-7-9-14(10-8-13)21-18(24)12-23-20(26)16-6-4-3-5-15(16)17(22-23)11-19(25)27-2/h3-10H,11-12H2,1-2H3,(H,21,24). The summed E-state index contributed by atoms with van der Waals surface area (Å²) in [6, 6.07) is 14.2. The first-order valence-corrected chi connectivity index (χ1v) is 8.40. The smallest absolute Gasteiger partial charge is 0.311 e. The number of hydrogen-bond donors (Lipinski definition) is 1. The van der Waals surface area contributed by atoms with Crippen molar-refractivity contribution in [2.45, 2.75) is 19.9 Å². The van der Waals surface area contributed by atoms with Crippen LogP contribution in [0.5, 0.6) is 0 Å². The molecule has 0 spiro atoms. The predicted molar refractivity (Wildman–Crippen MR) is 102 cm³/mol. The maximum Gasteiger partial charge on any atom is 0.311 e. The number of carbonyl (C=O) groups excluding carboxylic acids is 2. The van der Waals surface area contributed by atoms with Gasteiger partial charge in [0.2, 0.25) is 5.91 Å². The third-order valence-electron chi connectivity index (χ3n) is 4.11. The molecule has 7 nitrogen and oxygen atoms in total. The lowest BCUT2D eigenvalue weighted by Crippen LogP contribution is -2.31. The minimum atomic E-state index is -0.470. The predicted octanol–water partition coefficient (Wildman–Crippen LogP) is 2.06. The Kier molecular flexibility index (Phi) is 5.30. The summed E-state index contributed by atoms with van der Waals surface area (Å²) < 4.78 is 5.77. The number of carbonyl (C=O) groups is 2. The van der Waals surface area contributed by atoms with Gasteiger partial charge in [0.05, 0.1) is 24.6 Å². The molecule has 0 fully saturated rings. The molecule has 0 aliphatic heterocycles. The van der Waals surface area contributed by atoms with E-state index in [0.717, 1.165) is 10.2 Å². The van der Waals surface area contributed by atoms with Crippen molar-refractivity contribution in [1.29, 1.82) is 0 Å². The molecule has 0 aliphatic carbocycles. The van der Waals surface area contributed by atoms with Crippen molar-refractivity contribution in [3.05, 3.63) is 70.1 Å². The van der Waals surface area contributed by atoms with Crippen LogP contribution in [0.3, 0.4) is 0 Å². The number of nitrogens with zero attached hydrogens (tertiary/aromatic N) is 2. The zero-order valence-corrected chi connectivity index (χ0v) is 15.1. The lowest BCUT2D eigenvalue weighted by molar-refractivity contribution is -0.139. The zero-order valence-electron chi connectivity index (χ0n) is 15.1. The number of fused-ring (bicyclic) bond motifs is 1. The first-order chi connectivity index (χ1) is 13.0. The molecule has 1 heterocycles. The highest BCUT2D eigenvalue weighted by Crippen LogP contribution is 2.14. The summed E-state index contributed by atoms with van der Waals surface area (Å²) in [5, 5.41) is 7.93. The largest absolute Gasteiger partial charge is 0.469 e. The number of methoxy groups -OCH3 is 1. The van der Waals surface area contributed by atoms with Gasteiger partial charge in [0.15, 0.2) is 0 Å². The number of rotatable bonds is 5. The quantitative estimate of drug-likeness (QED) is 0.699. The van der Waals surface area contributed by atoms with Crippen molar-refractivity contribution in [2.24, 2.45) is 0 Å². The monoisotopic (exact) mass is 365 g/mol. The van der Waals surface area contributed by atoms with Gasteiger partial charge < -0.3 is 10.1 Å². The second kappa shape index (κ2) is 7.82. The van der Waals surface area contributed by atoms with Crippen molar-refractivity contribution in [3.63, 3.8) is 0 Å². The molecule has 3 rings (SSSR count). The summed E-state index contributed by atoms with van der Waals surface area (Å²) >= 11 is 0. The first-order valence-electron chi connectivity index (χ1n) is 8.40. The molecule has 1 amide bonds. The molecule has 1 aromatic heterocycles. The Bertz CT molecular complexity index is 1060. The maximum atomic E-state index is 12.7. The molecule has 3 aromatic rings. The van der Waals surface area contributed by atoms with Crippen molar-refractivity contribution in [1.82, 2.24) is 9.78 Å². The molecule has 1 N–H and O–H groups in total. The van der Waals surface area contributed by atoms with E-state index in [0.29, 0.717) is 22.2 Å². The van der Waals surface area contributed by atoms with Crippen LogP contribution in [0.15, 0.2) is 53.3 Å². The Labute approximate surface area is 155 Å². The topological polar surface area (TPSA) is 90.3 Å². The molecule has 0 unspecified atom stereocenters. The van der Waals surface area contributed by atoms with Gasteiger partial charge >= 0.3 is 5.97 Å². The van der Waals surface area contributed by atoms with E-state index in [-0.39, 0.29) is 18.9 Å². The summed E-state index contributed by atoms with van der Waals surface area (Å²) in [6.07, 6.45) is -0.0864. The number of nitrogens with one attached hydrogen (secondary N) is 1. The minimum absolute atomic E-state index is 0.0864. The van der Waals surface area contributed by atoms with E-state index in [9.17, 15) is 14.4 Å². The average molecular weight is 365 g/mol. The van der Waals surface area contributed by atoms with Crippen LogP contribution >= 0.6 is 0 Å². The van der Waals surface area contributed by atoms with Crippen LogP contribution in [0.2, 0.25) is 0 Å². The Hall–Kier alpha value is -3.48. The fourth-order valence-electron chi connectivity index (χ4n) is 2.73. The number of benzene rings is 2. The molecule has 7 heteroatoms. The third kappa shape index (κ3) is 4.20. The fraction of sp³-hybridized carbons (Fsp3) is 0.200. The van der Waals surface area contributed by atoms with E-state index in [4.69, 9.17) is 4.74 Å². The van der Waals surface area contributed by atoms with Crippen molar-refractivity contribution in [2.75, 3.05) is 12.4 Å². The van der Waals surface area contributed by atoms with Gasteiger partial charge in [0.25, 0.3) is 5.56 Å². The number of hydrogen-bond acceptors (Lipinski definition) is 5. The van der Waals surface area contributed by atoms with E-state index >= 15 is 0 Å². The number of amides is 1. The van der Waals surface area contributed by atoms with Crippen LogP contribution < -0.4 is 10.9 Å². The molecule has 0 saturated heterocycles. The molecule has 27 heavy (non-hydrogen) atoms. The van der Waals surface area contributed by atoms with E-state index in [1.165, 1.54) is 7.11 Å². The van der Waals surface area contributed by atoms with Crippen LogP contribution in [-0.2, 0) is 27.3 Å². The molecular weight excluding hydrogens is 346 g/mol. The van der Waals surface area contributed by atoms with Crippen molar-refractivity contribution in [3.8, 4) is 0 Å². The molecular formula is C20H19N3O4. The van der Waals surface area contributed by atoms with Gasteiger partial charge in [-0.25, -0.2) is 4.68 Å². The highest BCUT2D eigenvalue weighted by atomic mass is 16.5. The number of ether oxygens (including phenoxy) is 1. The van der Waals surface area contributed by atoms with Gasteiger partial charge in [0, 0.05) is 11.1 Å². The van der Waals surface area contributed by atoms with Crippen LogP contribution in [0, 0.1) is 6.92 Å². The minimum Gasteiger partial charge on any atom is -0.469 e. The zero-order chi connectivity index (χ0) is 19.4. The molecule has 0 radical (unpaired) electrons. The number of aryl methyl sites for hydroxylation is 1. The summed E-state index contributed by atoms with van der Waals surface area (Å²) in [5.41, 5.74) is 1.71. The Morgan fingerprint density at radius 1 is 1.07 bits per heavy atom. The van der Waals surface area contributed by atoms with Gasteiger partial charge in [-0.15, -0.1) is 0 Å². The van der Waals surface area contributed by atoms with Crippen LogP contribution in [-0.4, -0.2) is 28.8 Å². The normalized spacial score (nSPS) is 10.6. The second-order valence-corrected chi connectivity index (χ2v) is 6.12. The van der Waals surface area contributed by atoms with E-state index in [1.807, 2.05) is 19.1 Å². The van der Waals surface area contributed by atoms with E-state index in [2.05, 4.69) is 10.4 Å². The van der Waals surface area contributed by atoms with Gasteiger partial charge in [-0.05, 0) is 25.1 Å². The van der Waals surface area contributed by atoms with Crippen LogP contribution in [0.1, 0.15) is 11.3 Å². The lowest BCUT2D eigenvalue weighted by Gasteiger charge is -2.11. The van der Waals surface area contributed by atoms with Gasteiger partial charge in [-0.3, -0.25) is 14.4 Å². The van der Waals surface area contributed by atoms with E-state index in [1.54, 1.807) is 36.4 Å². The lowest BCUT2D eigenvalue weighted by atomic mass is 10.1. The van der Waals surface area contributed by atoms with Crippen LogP contribution in [0.25, 0.3) is 10.8 Å². The Balaban J connectivity index is 1.92. The highest BCUT2D eigenvalue weighted by molar-refractivity contribution is 5.91. The van der Waals surface area contributed by atoms with Gasteiger partial charge in [-0.2, -0.15) is 5.10 Å². The first kappa shape index (κ1) is 18.3. The van der Waals surface area contributed by atoms with Gasteiger partial charge in [0.1, 0.15) is 6.54 Å². The second-order valence-electron chi connectivity index (χ2n) is 6.12. The van der Waals surface area contributed by atoms with Crippen molar-refractivity contribution < 1.29 is 14.3 Å². The molecule has 2 aromatic carbocycles. The summed E-state index contributed by atoms with van der Waals surface area (Å²) in [4.78, 5) is 36.7. The molecule has 0 atom stereocenters. The number of anilines is 1. The highest BCUT2D eigenvalue weighted by Gasteiger charge is 2.15. The SMILES string of the molecule is COC(=O)Cc1nn(CC(=O)Nc2ccc(C)cc2)c(=O)c2ccccc12. The van der Waals surface area contributed by atoms with Gasteiger partial charge in [-0.1, -0.05) is 35.9 Å². The molecule has 138 valence electrons. The fourth-order valence-corrected chi connectivity index (χ4v) is 2.73. The number of aromatic nitrogens is 2. The molecule has 0 saturated carbocycles. The van der Waals surface area contributed by atoms with Crippen molar-refractivity contribution >= 4 is 28.3 Å². The molecule has 0 bridgehead atoms. The maximum absolute atomic E-state index is 12.7. The molecule has 0 aliphatic rings. The van der Waals surface area contributed by atoms with E-state index < -0.39 is 11.5 Å².